The molecule has 6 unspecified atom stereocenters. The van der Waals surface area contributed by atoms with Crippen LogP contribution in [0.2, 0.25) is 0 Å². The lowest BCUT2D eigenvalue weighted by atomic mass is 9.56. The number of amides is 4. The molecule has 6 atom stereocenters. The first kappa shape index (κ1) is 28.5. The molecular formula is C32H28Cl2F2N2O5. The quantitative estimate of drug-likeness (QED) is 0.273. The van der Waals surface area contributed by atoms with Crippen molar-refractivity contribution in [3.8, 4) is 5.75 Å². The number of hydrogen-bond donors (Lipinski definition) is 1. The minimum atomic E-state index is -2.16. The second kappa shape index (κ2) is 9.86. The molecule has 2 saturated carbocycles. The minimum Gasteiger partial charge on any atom is -0.505 e. The predicted molar refractivity (Wildman–Crippen MR) is 153 cm³/mol. The van der Waals surface area contributed by atoms with Crippen LogP contribution in [-0.4, -0.2) is 49.4 Å². The molecular weight excluding hydrogens is 601 g/mol. The molecule has 5 aliphatic rings. The molecule has 4 amide bonds. The zero-order valence-electron chi connectivity index (χ0n) is 22.9. The second-order valence-corrected chi connectivity index (χ2v) is 13.5. The molecule has 2 aromatic rings. The molecule has 2 saturated heterocycles. The van der Waals surface area contributed by atoms with Gasteiger partial charge in [0.05, 0.1) is 17.5 Å². The Balaban J connectivity index is 1.38. The summed E-state index contributed by atoms with van der Waals surface area (Å²) >= 11 is 14.5. The number of halogens is 4. The number of benzene rings is 2. The van der Waals surface area contributed by atoms with Gasteiger partial charge in [0.1, 0.15) is 5.82 Å². The zero-order valence-corrected chi connectivity index (χ0v) is 24.5. The second-order valence-electron chi connectivity index (χ2n) is 12.3. The van der Waals surface area contributed by atoms with E-state index < -0.39 is 62.6 Å². The van der Waals surface area contributed by atoms with Crippen molar-refractivity contribution in [1.29, 1.82) is 0 Å². The van der Waals surface area contributed by atoms with E-state index in [1.807, 2.05) is 0 Å². The van der Waals surface area contributed by atoms with Crippen LogP contribution in [0.1, 0.15) is 56.4 Å². The van der Waals surface area contributed by atoms with Gasteiger partial charge in [0.25, 0.3) is 11.8 Å². The Morgan fingerprint density at radius 1 is 0.860 bits per heavy atom. The van der Waals surface area contributed by atoms with Crippen molar-refractivity contribution in [3.05, 3.63) is 71.3 Å². The Morgan fingerprint density at radius 2 is 1.56 bits per heavy atom. The van der Waals surface area contributed by atoms with Crippen molar-refractivity contribution in [3.63, 3.8) is 0 Å². The third-order valence-corrected chi connectivity index (χ3v) is 11.6. The van der Waals surface area contributed by atoms with Gasteiger partial charge in [0.2, 0.25) is 11.8 Å². The van der Waals surface area contributed by atoms with Gasteiger partial charge >= 0.3 is 0 Å². The first-order valence-corrected chi connectivity index (χ1v) is 15.3. The molecule has 1 N–H and O–H groups in total. The van der Waals surface area contributed by atoms with Crippen molar-refractivity contribution < 1.29 is 33.1 Å². The molecule has 0 aromatic heterocycles. The normalized spacial score (nSPS) is 34.3. The van der Waals surface area contributed by atoms with Crippen molar-refractivity contribution in [2.24, 2.45) is 17.8 Å². The predicted octanol–water partition coefficient (Wildman–Crippen LogP) is 5.57. The average molecular weight is 629 g/mol. The van der Waals surface area contributed by atoms with Crippen LogP contribution >= 0.6 is 23.2 Å². The molecule has 0 bridgehead atoms. The molecule has 7 rings (SSSR count). The molecule has 0 radical (unpaired) electrons. The molecule has 7 nitrogen and oxygen atoms in total. The lowest BCUT2D eigenvalue weighted by Crippen LogP contribution is -2.60. The Labute approximate surface area is 256 Å². The highest BCUT2D eigenvalue weighted by molar-refractivity contribution is 6.58. The summed E-state index contributed by atoms with van der Waals surface area (Å²) in [6.07, 6.45) is 6.17. The smallest absolute Gasteiger partial charge is 0.258 e. The number of imide groups is 2. The maximum atomic E-state index is 14.8. The number of alkyl halides is 2. The maximum absolute atomic E-state index is 14.8. The van der Waals surface area contributed by atoms with Crippen LogP contribution in [0.4, 0.5) is 14.5 Å². The van der Waals surface area contributed by atoms with Crippen LogP contribution in [0.5, 0.6) is 5.75 Å². The molecule has 224 valence electrons. The summed E-state index contributed by atoms with van der Waals surface area (Å²) in [7, 11) is 0. The van der Waals surface area contributed by atoms with Crippen LogP contribution in [0.3, 0.4) is 0 Å². The van der Waals surface area contributed by atoms with Gasteiger partial charge in [-0.3, -0.25) is 24.1 Å². The number of anilines is 1. The number of carbonyl (C=O) groups excluding carboxylic acids is 4. The van der Waals surface area contributed by atoms with E-state index in [1.165, 1.54) is 23.1 Å². The number of phenolic OH excluding ortho intramolecular Hbond substituents is 1. The molecule has 43 heavy (non-hydrogen) atoms. The molecule has 2 aromatic carbocycles. The van der Waals surface area contributed by atoms with E-state index in [1.54, 1.807) is 6.08 Å². The summed E-state index contributed by atoms with van der Waals surface area (Å²) in [6, 6.07) is 8.13. The summed E-state index contributed by atoms with van der Waals surface area (Å²) in [6.45, 7) is 0. The standard InChI is InChI=1S/C32H28Cl2F2N2O5/c33-31-15-22-20(11-12-21-25(22)28(41)37(27(21)40)18-4-2-1-3-5-18)26(16-6-13-24(39)23(36)14-16)32(31,34)30(43)38(29(31)42)19-9-7-17(35)8-10-19/h6-11,13-14,18,21-22,25-26,39H,1-5,12,15H2. The third-order valence-electron chi connectivity index (χ3n) is 10.2. The van der Waals surface area contributed by atoms with E-state index in [0.717, 1.165) is 61.3 Å². The van der Waals surface area contributed by atoms with Gasteiger partial charge in [-0.15, -0.1) is 23.2 Å². The van der Waals surface area contributed by atoms with E-state index in [2.05, 4.69) is 0 Å². The largest absolute Gasteiger partial charge is 0.505 e. The lowest BCUT2D eigenvalue weighted by molar-refractivity contribution is -0.143. The van der Waals surface area contributed by atoms with Gasteiger partial charge in [-0.1, -0.05) is 37.0 Å². The highest BCUT2D eigenvalue weighted by Crippen LogP contribution is 2.66. The molecule has 2 heterocycles. The fraction of sp³-hybridized carbons (Fsp3) is 0.438. The SMILES string of the molecule is O=C1C2CC=C3C(CC4(Cl)C(=O)N(c5ccc(F)cc5)C(=O)C4(Cl)C3c3ccc(O)c(F)c3)C2C(=O)N1C1CCCCC1. The van der Waals surface area contributed by atoms with Crippen LogP contribution in [0.15, 0.2) is 54.1 Å². The number of allylic oxidation sites excluding steroid dienone is 2. The Morgan fingerprint density at radius 3 is 2.23 bits per heavy atom. The number of phenols is 1. The minimum absolute atomic E-state index is 0.0620. The maximum Gasteiger partial charge on any atom is 0.258 e. The van der Waals surface area contributed by atoms with Crippen LogP contribution in [-0.2, 0) is 19.2 Å². The topological polar surface area (TPSA) is 95.0 Å². The molecule has 4 fully saturated rings. The number of aromatic hydroxyl groups is 1. The summed E-state index contributed by atoms with van der Waals surface area (Å²) in [5.74, 6) is -7.79. The van der Waals surface area contributed by atoms with Crippen LogP contribution < -0.4 is 4.90 Å². The molecule has 0 spiro atoms. The summed E-state index contributed by atoms with van der Waals surface area (Å²) in [5, 5.41) is 9.93. The number of hydrogen-bond acceptors (Lipinski definition) is 5. The van der Waals surface area contributed by atoms with Crippen molar-refractivity contribution in [2.75, 3.05) is 4.90 Å². The molecule has 2 aliphatic heterocycles. The number of nitrogens with zero attached hydrogens (tertiary/aromatic N) is 2. The van der Waals surface area contributed by atoms with Gasteiger partial charge < -0.3 is 5.11 Å². The zero-order chi connectivity index (χ0) is 30.4. The average Bonchev–Trinajstić information content (AvgIpc) is 3.33. The van der Waals surface area contributed by atoms with Gasteiger partial charge in [-0.05, 0) is 73.6 Å². The number of likely N-dealkylation sites (tertiary alicyclic amines) is 1. The number of rotatable bonds is 3. The van der Waals surface area contributed by atoms with Gasteiger partial charge in [0, 0.05) is 12.0 Å². The summed E-state index contributed by atoms with van der Waals surface area (Å²) in [5.41, 5.74) is 0.783. The first-order chi connectivity index (χ1) is 20.5. The Hall–Kier alpha value is -3.30. The number of fused-ring (bicyclic) bond motifs is 4. The Kier molecular flexibility index (Phi) is 6.53. The van der Waals surface area contributed by atoms with E-state index in [-0.39, 0.29) is 41.9 Å². The highest BCUT2D eigenvalue weighted by Gasteiger charge is 2.76. The monoisotopic (exact) mass is 628 g/mol. The Bertz CT molecular complexity index is 1610. The fourth-order valence-corrected chi connectivity index (χ4v) is 9.13. The van der Waals surface area contributed by atoms with Crippen molar-refractivity contribution in [2.45, 2.75) is 66.7 Å². The van der Waals surface area contributed by atoms with E-state index in [4.69, 9.17) is 23.2 Å². The van der Waals surface area contributed by atoms with E-state index in [9.17, 15) is 33.1 Å². The summed E-state index contributed by atoms with van der Waals surface area (Å²) in [4.78, 5) is 54.2. The third kappa shape index (κ3) is 3.83. The van der Waals surface area contributed by atoms with Gasteiger partial charge in [-0.2, -0.15) is 0 Å². The van der Waals surface area contributed by atoms with E-state index in [0.29, 0.717) is 5.57 Å². The lowest BCUT2D eigenvalue weighted by Gasteiger charge is -2.50. The number of carbonyl (C=O) groups is 4. The summed E-state index contributed by atoms with van der Waals surface area (Å²) < 4.78 is 28.6. The molecule has 11 heteroatoms. The van der Waals surface area contributed by atoms with Gasteiger partial charge in [0.15, 0.2) is 21.3 Å². The van der Waals surface area contributed by atoms with Crippen molar-refractivity contribution >= 4 is 52.5 Å². The highest BCUT2D eigenvalue weighted by atomic mass is 35.5. The van der Waals surface area contributed by atoms with Gasteiger partial charge in [-0.25, -0.2) is 13.7 Å². The fourth-order valence-electron chi connectivity index (χ4n) is 8.20. The van der Waals surface area contributed by atoms with Crippen LogP contribution in [0.25, 0.3) is 0 Å². The first-order valence-electron chi connectivity index (χ1n) is 14.6. The van der Waals surface area contributed by atoms with E-state index >= 15 is 0 Å². The molecule has 3 aliphatic carbocycles. The van der Waals surface area contributed by atoms with Crippen molar-refractivity contribution in [1.82, 2.24) is 4.90 Å². The van der Waals surface area contributed by atoms with Crippen LogP contribution in [0, 0.1) is 29.4 Å².